The summed E-state index contributed by atoms with van der Waals surface area (Å²) in [4.78, 5) is 28.4. The number of pyridine rings is 1. The molecule has 0 fully saturated rings. The van der Waals surface area contributed by atoms with Gasteiger partial charge in [-0.3, -0.25) is 9.20 Å². The molecule has 3 aromatic rings. The molecule has 7 nitrogen and oxygen atoms in total. The Bertz CT molecular complexity index is 1090. The Hall–Kier alpha value is -3.32. The topological polar surface area (TPSA) is 79.1 Å². The maximum absolute atomic E-state index is 12.3. The molecule has 0 amide bonds. The Morgan fingerprint density at radius 1 is 1.18 bits per heavy atom. The van der Waals surface area contributed by atoms with Crippen LogP contribution >= 0.6 is 11.6 Å². The molecule has 0 unspecified atom stereocenters. The Balaban J connectivity index is 1.39. The van der Waals surface area contributed by atoms with Crippen molar-refractivity contribution in [2.45, 2.75) is 0 Å². The lowest BCUT2D eigenvalue weighted by Gasteiger charge is -2.18. The molecule has 0 aliphatic carbocycles. The fraction of sp³-hybridized carbons (Fsp3) is 0.150. The summed E-state index contributed by atoms with van der Waals surface area (Å²) in [5, 5.41) is 0.266. The SMILES string of the molecule is O=C(/C=C/c1c(Cl)nc2ccccn12)OCC(=O)c1ccc2c(c1)OCCO2. The highest BCUT2D eigenvalue weighted by atomic mass is 35.5. The number of esters is 1. The number of benzene rings is 1. The summed E-state index contributed by atoms with van der Waals surface area (Å²) >= 11 is 6.11. The van der Waals surface area contributed by atoms with Crippen LogP contribution in [0.4, 0.5) is 0 Å². The van der Waals surface area contributed by atoms with E-state index in [9.17, 15) is 9.59 Å². The molecule has 3 heterocycles. The van der Waals surface area contributed by atoms with E-state index >= 15 is 0 Å². The minimum Gasteiger partial charge on any atom is -0.486 e. The van der Waals surface area contributed by atoms with Crippen molar-refractivity contribution in [1.82, 2.24) is 9.38 Å². The van der Waals surface area contributed by atoms with Crippen molar-refractivity contribution in [3.05, 3.63) is 65.1 Å². The monoisotopic (exact) mass is 398 g/mol. The smallest absolute Gasteiger partial charge is 0.331 e. The number of halogens is 1. The van der Waals surface area contributed by atoms with E-state index in [0.717, 1.165) is 0 Å². The van der Waals surface area contributed by atoms with Crippen LogP contribution in [0, 0.1) is 0 Å². The van der Waals surface area contributed by atoms with E-state index < -0.39 is 5.97 Å². The van der Waals surface area contributed by atoms with Crippen molar-refractivity contribution < 1.29 is 23.8 Å². The first-order valence-electron chi connectivity index (χ1n) is 8.52. The second-order valence-corrected chi connectivity index (χ2v) is 6.30. The molecule has 0 N–H and O–H groups in total. The minimum atomic E-state index is -0.659. The van der Waals surface area contributed by atoms with Gasteiger partial charge in [0.1, 0.15) is 18.9 Å². The maximum Gasteiger partial charge on any atom is 0.331 e. The molecule has 4 rings (SSSR count). The Kier molecular flexibility index (Phi) is 4.99. The summed E-state index contributed by atoms with van der Waals surface area (Å²) in [5.41, 5.74) is 1.59. The lowest BCUT2D eigenvalue weighted by atomic mass is 10.1. The molecular formula is C20H15ClN2O5. The lowest BCUT2D eigenvalue weighted by Crippen LogP contribution is -2.17. The van der Waals surface area contributed by atoms with Gasteiger partial charge in [0.2, 0.25) is 0 Å². The summed E-state index contributed by atoms with van der Waals surface area (Å²) in [6.45, 7) is 0.515. The summed E-state index contributed by atoms with van der Waals surface area (Å²) in [7, 11) is 0. The summed E-state index contributed by atoms with van der Waals surface area (Å²) in [6.07, 6.45) is 4.49. The fourth-order valence-electron chi connectivity index (χ4n) is 2.77. The van der Waals surface area contributed by atoms with Crippen LogP contribution in [0.1, 0.15) is 16.1 Å². The third-order valence-electron chi connectivity index (χ3n) is 4.11. The predicted molar refractivity (Wildman–Crippen MR) is 102 cm³/mol. The second-order valence-electron chi connectivity index (χ2n) is 5.94. The standard InChI is InChI=1S/C20H15ClN2O5/c21-20-14(23-8-2-1-3-18(23)22-20)5-7-19(25)28-12-15(24)13-4-6-16-17(11-13)27-10-9-26-16/h1-8,11H,9-10,12H2/b7-5+. The van der Waals surface area contributed by atoms with Gasteiger partial charge in [-0.05, 0) is 36.4 Å². The summed E-state index contributed by atoms with van der Waals surface area (Å²) in [5.74, 6) is 0.0950. The van der Waals surface area contributed by atoms with E-state index in [1.807, 2.05) is 12.1 Å². The van der Waals surface area contributed by atoms with Gasteiger partial charge in [0.05, 0.1) is 5.69 Å². The number of nitrogens with zero attached hydrogens (tertiary/aromatic N) is 2. The normalized spacial score (nSPS) is 13.0. The molecule has 0 saturated carbocycles. The van der Waals surface area contributed by atoms with Crippen molar-refractivity contribution in [3.63, 3.8) is 0 Å². The van der Waals surface area contributed by atoms with Crippen molar-refractivity contribution >= 4 is 35.1 Å². The second kappa shape index (κ2) is 7.74. The average Bonchev–Trinajstić information content (AvgIpc) is 3.05. The molecule has 8 heteroatoms. The molecule has 0 radical (unpaired) electrons. The molecule has 0 saturated heterocycles. The number of carbonyl (C=O) groups excluding carboxylic acids is 2. The largest absolute Gasteiger partial charge is 0.486 e. The van der Waals surface area contributed by atoms with Gasteiger partial charge in [-0.25, -0.2) is 9.78 Å². The van der Waals surface area contributed by atoms with Gasteiger partial charge >= 0.3 is 5.97 Å². The first-order chi connectivity index (χ1) is 13.6. The van der Waals surface area contributed by atoms with Crippen molar-refractivity contribution in [2.75, 3.05) is 19.8 Å². The van der Waals surface area contributed by atoms with Crippen LogP contribution in [0.3, 0.4) is 0 Å². The number of rotatable bonds is 5. The van der Waals surface area contributed by atoms with Gasteiger partial charge in [0.25, 0.3) is 0 Å². The van der Waals surface area contributed by atoms with E-state index in [4.69, 9.17) is 25.8 Å². The Labute approximate surface area is 165 Å². The highest BCUT2D eigenvalue weighted by Crippen LogP contribution is 2.30. The quantitative estimate of drug-likeness (QED) is 0.373. The predicted octanol–water partition coefficient (Wildman–Crippen LogP) is 3.20. The first kappa shape index (κ1) is 18.1. The lowest BCUT2D eigenvalue weighted by molar-refractivity contribution is -0.136. The molecule has 0 spiro atoms. The third-order valence-corrected chi connectivity index (χ3v) is 4.39. The van der Waals surface area contributed by atoms with Crippen molar-refractivity contribution in [3.8, 4) is 11.5 Å². The molecule has 1 aliphatic rings. The maximum atomic E-state index is 12.3. The van der Waals surface area contributed by atoms with Gasteiger partial charge in [-0.15, -0.1) is 0 Å². The third kappa shape index (κ3) is 3.70. The van der Waals surface area contributed by atoms with Crippen LogP contribution in [0.5, 0.6) is 11.5 Å². The van der Waals surface area contributed by atoms with E-state index in [-0.39, 0.29) is 17.5 Å². The number of aromatic nitrogens is 2. The van der Waals surface area contributed by atoms with E-state index in [2.05, 4.69) is 4.98 Å². The van der Waals surface area contributed by atoms with Crippen LogP contribution in [0.15, 0.2) is 48.7 Å². The molecule has 1 aliphatic heterocycles. The molecule has 0 atom stereocenters. The number of carbonyl (C=O) groups is 2. The van der Waals surface area contributed by atoms with Crippen molar-refractivity contribution in [1.29, 1.82) is 0 Å². The number of imidazole rings is 1. The molecule has 2 aromatic heterocycles. The minimum absolute atomic E-state index is 0.266. The summed E-state index contributed by atoms with van der Waals surface area (Å²) < 4.78 is 17.6. The van der Waals surface area contributed by atoms with Crippen LogP contribution in [0.2, 0.25) is 5.15 Å². The van der Waals surface area contributed by atoms with Crippen LogP contribution < -0.4 is 9.47 Å². The zero-order valence-electron chi connectivity index (χ0n) is 14.6. The van der Waals surface area contributed by atoms with Gasteiger partial charge in [0.15, 0.2) is 29.0 Å². The zero-order chi connectivity index (χ0) is 19.5. The van der Waals surface area contributed by atoms with Gasteiger partial charge < -0.3 is 14.2 Å². The molecular weight excluding hydrogens is 384 g/mol. The zero-order valence-corrected chi connectivity index (χ0v) is 15.4. The average molecular weight is 399 g/mol. The number of Topliss-reactive ketones (excluding diaryl/α,β-unsaturated/α-hetero) is 1. The molecule has 28 heavy (non-hydrogen) atoms. The van der Waals surface area contributed by atoms with E-state index in [0.29, 0.717) is 41.6 Å². The fourth-order valence-corrected chi connectivity index (χ4v) is 3.01. The van der Waals surface area contributed by atoms with Gasteiger partial charge in [-0.2, -0.15) is 0 Å². The number of ketones is 1. The summed E-state index contributed by atoms with van der Waals surface area (Å²) in [6, 6.07) is 10.3. The number of hydrogen-bond donors (Lipinski definition) is 0. The van der Waals surface area contributed by atoms with Crippen LogP contribution in [0.25, 0.3) is 11.7 Å². The van der Waals surface area contributed by atoms with Crippen molar-refractivity contribution in [2.24, 2.45) is 0 Å². The van der Waals surface area contributed by atoms with E-state index in [1.165, 1.54) is 12.2 Å². The molecule has 1 aromatic carbocycles. The number of hydrogen-bond acceptors (Lipinski definition) is 6. The Morgan fingerprint density at radius 2 is 2.00 bits per heavy atom. The number of ether oxygens (including phenoxy) is 3. The molecule has 0 bridgehead atoms. The highest BCUT2D eigenvalue weighted by molar-refractivity contribution is 6.31. The number of fused-ring (bicyclic) bond motifs is 2. The van der Waals surface area contributed by atoms with Gasteiger partial charge in [-0.1, -0.05) is 17.7 Å². The molecule has 142 valence electrons. The first-order valence-corrected chi connectivity index (χ1v) is 8.90. The highest BCUT2D eigenvalue weighted by Gasteiger charge is 2.16. The Morgan fingerprint density at radius 3 is 2.86 bits per heavy atom. The van der Waals surface area contributed by atoms with Crippen LogP contribution in [-0.2, 0) is 9.53 Å². The van der Waals surface area contributed by atoms with Gasteiger partial charge in [0, 0.05) is 17.8 Å². The van der Waals surface area contributed by atoms with Crippen LogP contribution in [-0.4, -0.2) is 41.0 Å². The van der Waals surface area contributed by atoms with E-state index in [1.54, 1.807) is 34.9 Å².